The highest BCUT2D eigenvalue weighted by molar-refractivity contribution is 9.10. The summed E-state index contributed by atoms with van der Waals surface area (Å²) in [4.78, 5) is 4.35. The van der Waals surface area contributed by atoms with E-state index in [0.29, 0.717) is 31.7 Å². The summed E-state index contributed by atoms with van der Waals surface area (Å²) in [7, 11) is -4.27. The fourth-order valence-corrected chi connectivity index (χ4v) is 5.02. The summed E-state index contributed by atoms with van der Waals surface area (Å²) in [6.45, 7) is 2.72. The number of ether oxygens (including phenoxy) is 2. The number of aromatic nitrogens is 1. The maximum absolute atomic E-state index is 12.0. The van der Waals surface area contributed by atoms with E-state index in [-0.39, 0.29) is 6.42 Å². The van der Waals surface area contributed by atoms with Crippen LogP contribution in [0.3, 0.4) is 0 Å². The smallest absolute Gasteiger partial charge is 0.268 e. The fourth-order valence-electron chi connectivity index (χ4n) is 3.42. The highest BCUT2D eigenvalue weighted by Crippen LogP contribution is 2.48. The van der Waals surface area contributed by atoms with Crippen molar-refractivity contribution in [3.63, 3.8) is 0 Å². The molecule has 1 aromatic heterocycles. The Morgan fingerprint density at radius 1 is 1.32 bits per heavy atom. The molecule has 0 amide bonds. The minimum atomic E-state index is -4.27. The van der Waals surface area contributed by atoms with Crippen molar-refractivity contribution in [2.45, 2.75) is 42.6 Å². The summed E-state index contributed by atoms with van der Waals surface area (Å²) >= 11 is 3.32. The molecule has 2 fully saturated rings. The molecule has 122 valence electrons. The molecule has 1 aromatic rings. The molecule has 1 spiro atoms. The minimum Gasteiger partial charge on any atom is -0.347 e. The quantitative estimate of drug-likeness (QED) is 0.778. The van der Waals surface area contributed by atoms with Gasteiger partial charge in [0.25, 0.3) is 10.1 Å². The third-order valence-electron chi connectivity index (χ3n) is 4.72. The Labute approximate surface area is 138 Å². The van der Waals surface area contributed by atoms with Gasteiger partial charge in [-0.3, -0.25) is 9.54 Å². The Morgan fingerprint density at radius 3 is 2.55 bits per heavy atom. The fraction of sp³-hybridized carbons (Fsp3) is 0.643. The molecule has 1 saturated carbocycles. The minimum absolute atomic E-state index is 0.111. The van der Waals surface area contributed by atoms with E-state index in [1.54, 1.807) is 12.3 Å². The van der Waals surface area contributed by atoms with Gasteiger partial charge in [-0.05, 0) is 34.5 Å². The van der Waals surface area contributed by atoms with Gasteiger partial charge in [-0.15, -0.1) is 0 Å². The van der Waals surface area contributed by atoms with E-state index in [0.717, 1.165) is 4.47 Å². The van der Waals surface area contributed by atoms with Gasteiger partial charge in [-0.25, -0.2) is 0 Å². The third-order valence-corrected chi connectivity index (χ3v) is 6.59. The third kappa shape index (κ3) is 2.82. The van der Waals surface area contributed by atoms with Gasteiger partial charge in [-0.1, -0.05) is 6.92 Å². The van der Waals surface area contributed by atoms with Crippen LogP contribution in [0.5, 0.6) is 0 Å². The molecule has 0 radical (unpaired) electrons. The first-order valence-electron chi connectivity index (χ1n) is 7.11. The molecular weight excluding hydrogens is 374 g/mol. The Balaban J connectivity index is 2.00. The van der Waals surface area contributed by atoms with Crippen LogP contribution < -0.4 is 0 Å². The lowest BCUT2D eigenvalue weighted by Crippen LogP contribution is -2.53. The van der Waals surface area contributed by atoms with Gasteiger partial charge in [0.1, 0.15) is 5.25 Å². The molecule has 1 N–H and O–H groups in total. The number of hydrogen-bond donors (Lipinski definition) is 1. The molecule has 1 aliphatic carbocycles. The Morgan fingerprint density at radius 2 is 2.00 bits per heavy atom. The van der Waals surface area contributed by atoms with Gasteiger partial charge in [0.05, 0.1) is 13.2 Å². The predicted octanol–water partition coefficient (Wildman–Crippen LogP) is 2.29. The van der Waals surface area contributed by atoms with Crippen LogP contribution in [0.15, 0.2) is 22.8 Å². The summed E-state index contributed by atoms with van der Waals surface area (Å²) < 4.78 is 45.8. The summed E-state index contributed by atoms with van der Waals surface area (Å²) in [5.41, 5.74) is -0.138. The van der Waals surface area contributed by atoms with E-state index in [2.05, 4.69) is 20.9 Å². The van der Waals surface area contributed by atoms with E-state index >= 15 is 0 Å². The second kappa shape index (κ2) is 5.52. The van der Waals surface area contributed by atoms with Gasteiger partial charge in [0.2, 0.25) is 0 Å². The Kier molecular flexibility index (Phi) is 4.10. The standard InChI is InChI=1S/C14H18BrNO5S/c1-13(11-3-2-10(15)9-16-11)4-5-14(20-6-7-21-14)8-12(13)22(17,18)19/h2-3,9,12H,4-8H2,1H3,(H,17,18,19). The molecule has 1 aliphatic heterocycles. The predicted molar refractivity (Wildman–Crippen MR) is 83.1 cm³/mol. The highest BCUT2D eigenvalue weighted by Gasteiger charge is 2.55. The maximum Gasteiger partial charge on any atom is 0.268 e. The summed E-state index contributed by atoms with van der Waals surface area (Å²) in [5.74, 6) is -0.894. The summed E-state index contributed by atoms with van der Waals surface area (Å²) in [6, 6.07) is 3.61. The van der Waals surface area contributed by atoms with Gasteiger partial charge < -0.3 is 9.47 Å². The first-order valence-corrected chi connectivity index (χ1v) is 9.41. The molecule has 1 saturated heterocycles. The normalized spacial score (nSPS) is 31.5. The molecule has 2 unspecified atom stereocenters. The molecule has 2 atom stereocenters. The van der Waals surface area contributed by atoms with Gasteiger partial charge in [0.15, 0.2) is 5.79 Å². The van der Waals surface area contributed by atoms with E-state index in [4.69, 9.17) is 9.47 Å². The molecule has 3 rings (SSSR count). The summed E-state index contributed by atoms with van der Waals surface area (Å²) in [6.07, 6.45) is 2.83. The topological polar surface area (TPSA) is 85.7 Å². The van der Waals surface area contributed by atoms with Crippen LogP contribution in [0, 0.1) is 0 Å². The van der Waals surface area contributed by atoms with Crippen LogP contribution in [0.25, 0.3) is 0 Å². The van der Waals surface area contributed by atoms with Crippen molar-refractivity contribution < 1.29 is 22.4 Å². The largest absolute Gasteiger partial charge is 0.347 e. The Bertz CT molecular complexity index is 656. The van der Waals surface area contributed by atoms with Crippen LogP contribution in [-0.2, 0) is 25.0 Å². The Hall–Kier alpha value is -0.540. The number of halogens is 1. The van der Waals surface area contributed by atoms with E-state index in [9.17, 15) is 13.0 Å². The molecule has 2 aliphatic rings. The molecule has 6 nitrogen and oxygen atoms in total. The lowest BCUT2D eigenvalue weighted by molar-refractivity contribution is -0.183. The van der Waals surface area contributed by atoms with Crippen LogP contribution in [0.1, 0.15) is 31.9 Å². The zero-order valence-corrected chi connectivity index (χ0v) is 14.6. The number of pyridine rings is 1. The zero-order valence-electron chi connectivity index (χ0n) is 12.2. The molecule has 0 aromatic carbocycles. The van der Waals surface area contributed by atoms with Crippen molar-refractivity contribution >= 4 is 26.0 Å². The van der Waals surface area contributed by atoms with Gasteiger partial charge in [-0.2, -0.15) is 8.42 Å². The van der Waals surface area contributed by atoms with Gasteiger partial charge in [0, 0.05) is 34.6 Å². The lowest BCUT2D eigenvalue weighted by Gasteiger charge is -2.45. The van der Waals surface area contributed by atoms with Crippen molar-refractivity contribution in [3.8, 4) is 0 Å². The van der Waals surface area contributed by atoms with Crippen LogP contribution in [0.2, 0.25) is 0 Å². The number of rotatable bonds is 2. The first-order chi connectivity index (χ1) is 10.3. The van der Waals surface area contributed by atoms with E-state index in [1.807, 2.05) is 13.0 Å². The van der Waals surface area contributed by atoms with Crippen molar-refractivity contribution in [3.05, 3.63) is 28.5 Å². The molecule has 8 heteroatoms. The molecule has 0 bridgehead atoms. The maximum atomic E-state index is 12.0. The summed E-state index contributed by atoms with van der Waals surface area (Å²) in [5, 5.41) is -1.01. The molecule has 22 heavy (non-hydrogen) atoms. The molecule has 2 heterocycles. The first kappa shape index (κ1) is 16.3. The molecular formula is C14H18BrNO5S. The van der Waals surface area contributed by atoms with E-state index in [1.165, 1.54) is 0 Å². The van der Waals surface area contributed by atoms with Crippen molar-refractivity contribution in [1.29, 1.82) is 0 Å². The van der Waals surface area contributed by atoms with Crippen LogP contribution >= 0.6 is 15.9 Å². The van der Waals surface area contributed by atoms with Crippen LogP contribution in [-0.4, -0.2) is 42.2 Å². The lowest BCUT2D eigenvalue weighted by atomic mass is 9.70. The van der Waals surface area contributed by atoms with Gasteiger partial charge >= 0.3 is 0 Å². The number of nitrogens with zero attached hydrogens (tertiary/aromatic N) is 1. The monoisotopic (exact) mass is 391 g/mol. The average Bonchev–Trinajstić information content (AvgIpc) is 2.90. The SMILES string of the molecule is CC1(c2ccc(Br)cn2)CCC2(CC1S(=O)(=O)O)OCCO2. The van der Waals surface area contributed by atoms with Crippen molar-refractivity contribution in [2.24, 2.45) is 0 Å². The average molecular weight is 392 g/mol. The number of hydrogen-bond acceptors (Lipinski definition) is 5. The van der Waals surface area contributed by atoms with Crippen molar-refractivity contribution in [2.75, 3.05) is 13.2 Å². The van der Waals surface area contributed by atoms with Crippen molar-refractivity contribution in [1.82, 2.24) is 4.98 Å². The second-order valence-electron chi connectivity index (χ2n) is 6.09. The van der Waals surface area contributed by atoms with Crippen LogP contribution in [0.4, 0.5) is 0 Å². The second-order valence-corrected chi connectivity index (χ2v) is 8.61. The van der Waals surface area contributed by atoms with E-state index < -0.39 is 26.6 Å². The zero-order chi connectivity index (χ0) is 16.0. The highest BCUT2D eigenvalue weighted by atomic mass is 79.9.